The molecule has 1 aromatic heterocycles. The van der Waals surface area contributed by atoms with E-state index in [4.69, 9.17) is 0 Å². The van der Waals surface area contributed by atoms with Gasteiger partial charge in [-0.25, -0.2) is 4.98 Å². The molecule has 1 unspecified atom stereocenters. The molecule has 0 spiro atoms. The summed E-state index contributed by atoms with van der Waals surface area (Å²) in [5, 5.41) is 4.82. The first-order valence-electron chi connectivity index (χ1n) is 6.33. The van der Waals surface area contributed by atoms with Gasteiger partial charge in [0.1, 0.15) is 0 Å². The molecule has 3 heteroatoms. The monoisotopic (exact) mass is 240 g/mol. The third-order valence-corrected chi connectivity index (χ3v) is 4.13. The lowest BCUT2D eigenvalue weighted by atomic mass is 10.1. The Balaban J connectivity index is 2.29. The highest BCUT2D eigenvalue weighted by molar-refractivity contribution is 7.11. The number of nitrogens with one attached hydrogen (secondary N) is 1. The summed E-state index contributed by atoms with van der Waals surface area (Å²) in [4.78, 5) is 5.95. The average Bonchev–Trinajstić information content (AvgIpc) is 2.57. The van der Waals surface area contributed by atoms with Gasteiger partial charge >= 0.3 is 0 Å². The van der Waals surface area contributed by atoms with Crippen molar-refractivity contribution in [3.05, 3.63) is 15.6 Å². The van der Waals surface area contributed by atoms with Crippen LogP contribution in [0.3, 0.4) is 0 Å². The molecule has 92 valence electrons. The minimum atomic E-state index is 0.687. The van der Waals surface area contributed by atoms with E-state index in [1.54, 1.807) is 0 Å². The molecule has 2 nitrogen and oxygen atoms in total. The second-order valence-electron chi connectivity index (χ2n) is 4.30. The Hall–Kier alpha value is -0.410. The normalized spacial score (nSPS) is 13.0. The SMILES string of the molecule is CCNC(CC)CCCc1nc(C)c(C)s1. The first kappa shape index (κ1) is 13.7. The number of nitrogens with zero attached hydrogens (tertiary/aromatic N) is 1. The van der Waals surface area contributed by atoms with Crippen LogP contribution in [0.4, 0.5) is 0 Å². The lowest BCUT2D eigenvalue weighted by Gasteiger charge is -2.14. The number of rotatable bonds is 7. The third-order valence-electron chi connectivity index (χ3n) is 3.00. The minimum absolute atomic E-state index is 0.687. The van der Waals surface area contributed by atoms with Gasteiger partial charge in [0, 0.05) is 10.9 Å². The first-order chi connectivity index (χ1) is 7.67. The van der Waals surface area contributed by atoms with Crippen LogP contribution in [0, 0.1) is 13.8 Å². The van der Waals surface area contributed by atoms with E-state index in [9.17, 15) is 0 Å². The molecule has 0 saturated heterocycles. The Morgan fingerprint density at radius 1 is 1.31 bits per heavy atom. The molecule has 1 N–H and O–H groups in total. The van der Waals surface area contributed by atoms with Crippen molar-refractivity contribution in [2.24, 2.45) is 0 Å². The molecule has 16 heavy (non-hydrogen) atoms. The van der Waals surface area contributed by atoms with E-state index >= 15 is 0 Å². The Labute approximate surface area is 103 Å². The second kappa shape index (κ2) is 7.02. The molecular weight excluding hydrogens is 216 g/mol. The van der Waals surface area contributed by atoms with Gasteiger partial charge < -0.3 is 5.32 Å². The van der Waals surface area contributed by atoms with Gasteiger partial charge in [0.2, 0.25) is 0 Å². The van der Waals surface area contributed by atoms with E-state index in [-0.39, 0.29) is 0 Å². The lowest BCUT2D eigenvalue weighted by molar-refractivity contribution is 0.467. The number of hydrogen-bond donors (Lipinski definition) is 1. The fourth-order valence-corrected chi connectivity index (χ4v) is 2.86. The van der Waals surface area contributed by atoms with E-state index in [2.05, 4.69) is 38.0 Å². The van der Waals surface area contributed by atoms with Crippen LogP contribution in [-0.4, -0.2) is 17.6 Å². The molecule has 0 radical (unpaired) electrons. The minimum Gasteiger partial charge on any atom is -0.314 e. The molecule has 0 amide bonds. The van der Waals surface area contributed by atoms with E-state index in [0.29, 0.717) is 6.04 Å². The third kappa shape index (κ3) is 4.22. The van der Waals surface area contributed by atoms with Crippen molar-refractivity contribution in [1.29, 1.82) is 0 Å². The molecule has 1 rings (SSSR count). The number of hydrogen-bond acceptors (Lipinski definition) is 3. The van der Waals surface area contributed by atoms with Crippen LogP contribution in [0.2, 0.25) is 0 Å². The van der Waals surface area contributed by atoms with Crippen molar-refractivity contribution in [3.63, 3.8) is 0 Å². The van der Waals surface area contributed by atoms with Crippen LogP contribution in [0.5, 0.6) is 0 Å². The summed E-state index contributed by atoms with van der Waals surface area (Å²) in [6, 6.07) is 0.687. The Kier molecular flexibility index (Phi) is 5.99. The smallest absolute Gasteiger partial charge is 0.0930 e. The van der Waals surface area contributed by atoms with Gasteiger partial charge in [0.15, 0.2) is 0 Å². The predicted octanol–water partition coefficient (Wildman–Crippen LogP) is 3.47. The molecule has 0 saturated carbocycles. The van der Waals surface area contributed by atoms with Crippen molar-refractivity contribution >= 4 is 11.3 Å². The predicted molar refractivity (Wildman–Crippen MR) is 72.3 cm³/mol. The van der Waals surface area contributed by atoms with Crippen molar-refractivity contribution in [2.75, 3.05) is 6.54 Å². The van der Waals surface area contributed by atoms with Gasteiger partial charge in [-0.15, -0.1) is 11.3 Å². The molecule has 1 atom stereocenters. The zero-order valence-electron chi connectivity index (χ0n) is 11.0. The topological polar surface area (TPSA) is 24.9 Å². The van der Waals surface area contributed by atoms with Crippen molar-refractivity contribution < 1.29 is 0 Å². The van der Waals surface area contributed by atoms with Gasteiger partial charge in [-0.2, -0.15) is 0 Å². The van der Waals surface area contributed by atoms with Gasteiger partial charge in [-0.3, -0.25) is 0 Å². The maximum absolute atomic E-state index is 4.58. The summed E-state index contributed by atoms with van der Waals surface area (Å²) in [6.07, 6.45) is 4.88. The maximum Gasteiger partial charge on any atom is 0.0930 e. The highest BCUT2D eigenvalue weighted by Crippen LogP contribution is 2.18. The fraction of sp³-hybridized carbons (Fsp3) is 0.769. The molecular formula is C13H24N2S. The molecule has 0 aliphatic rings. The Morgan fingerprint density at radius 2 is 2.06 bits per heavy atom. The zero-order valence-corrected chi connectivity index (χ0v) is 11.8. The van der Waals surface area contributed by atoms with Crippen LogP contribution >= 0.6 is 11.3 Å². The summed E-state index contributed by atoms with van der Waals surface area (Å²) in [5.41, 5.74) is 1.21. The van der Waals surface area contributed by atoms with Crippen molar-refractivity contribution in [1.82, 2.24) is 10.3 Å². The summed E-state index contributed by atoms with van der Waals surface area (Å²) >= 11 is 1.86. The summed E-state index contributed by atoms with van der Waals surface area (Å²) in [7, 11) is 0. The van der Waals surface area contributed by atoms with Gasteiger partial charge in [-0.1, -0.05) is 13.8 Å². The van der Waals surface area contributed by atoms with E-state index < -0.39 is 0 Å². The standard InChI is InChI=1S/C13H24N2S/c1-5-12(14-6-2)8-7-9-13-15-10(3)11(4)16-13/h12,14H,5-9H2,1-4H3. The molecule has 0 aliphatic carbocycles. The lowest BCUT2D eigenvalue weighted by Crippen LogP contribution is -2.27. The molecule has 0 bridgehead atoms. The highest BCUT2D eigenvalue weighted by Gasteiger charge is 2.06. The van der Waals surface area contributed by atoms with Crippen LogP contribution in [-0.2, 0) is 6.42 Å². The zero-order chi connectivity index (χ0) is 12.0. The fourth-order valence-electron chi connectivity index (χ4n) is 1.88. The Morgan fingerprint density at radius 3 is 2.56 bits per heavy atom. The average molecular weight is 240 g/mol. The van der Waals surface area contributed by atoms with Crippen LogP contribution in [0.1, 0.15) is 48.7 Å². The largest absolute Gasteiger partial charge is 0.314 e. The quantitative estimate of drug-likeness (QED) is 0.789. The highest BCUT2D eigenvalue weighted by atomic mass is 32.1. The van der Waals surface area contributed by atoms with E-state index in [1.165, 1.54) is 34.8 Å². The van der Waals surface area contributed by atoms with Crippen molar-refractivity contribution in [2.45, 2.75) is 59.4 Å². The molecule has 0 fully saturated rings. The van der Waals surface area contributed by atoms with Crippen LogP contribution in [0.25, 0.3) is 0 Å². The molecule has 1 heterocycles. The Bertz CT molecular complexity index is 287. The second-order valence-corrected chi connectivity index (χ2v) is 5.59. The first-order valence-corrected chi connectivity index (χ1v) is 7.15. The molecule has 0 aromatic carbocycles. The summed E-state index contributed by atoms with van der Waals surface area (Å²) in [5.74, 6) is 0. The summed E-state index contributed by atoms with van der Waals surface area (Å²) < 4.78 is 0. The van der Waals surface area contributed by atoms with Gasteiger partial charge in [-0.05, 0) is 46.1 Å². The van der Waals surface area contributed by atoms with Crippen LogP contribution < -0.4 is 5.32 Å². The number of thiazole rings is 1. The maximum atomic E-state index is 4.58. The van der Waals surface area contributed by atoms with Gasteiger partial charge in [0.25, 0.3) is 0 Å². The molecule has 0 aliphatic heterocycles. The van der Waals surface area contributed by atoms with E-state index in [0.717, 1.165) is 13.0 Å². The number of aromatic nitrogens is 1. The van der Waals surface area contributed by atoms with Crippen LogP contribution in [0.15, 0.2) is 0 Å². The van der Waals surface area contributed by atoms with Crippen molar-refractivity contribution in [3.8, 4) is 0 Å². The molecule has 1 aromatic rings. The number of aryl methyl sites for hydroxylation is 3. The van der Waals surface area contributed by atoms with E-state index in [1.807, 2.05) is 11.3 Å². The van der Waals surface area contributed by atoms with Gasteiger partial charge in [0.05, 0.1) is 10.7 Å². The summed E-state index contributed by atoms with van der Waals surface area (Å²) in [6.45, 7) is 9.77.